The van der Waals surface area contributed by atoms with Gasteiger partial charge in [-0.25, -0.2) is 0 Å². The molecule has 0 unspecified atom stereocenters. The summed E-state index contributed by atoms with van der Waals surface area (Å²) in [6, 6.07) is 5.56. The highest BCUT2D eigenvalue weighted by atomic mass is 79.9. The van der Waals surface area contributed by atoms with Crippen molar-refractivity contribution in [2.45, 2.75) is 6.92 Å². The van der Waals surface area contributed by atoms with Gasteiger partial charge >= 0.3 is 0 Å². The summed E-state index contributed by atoms with van der Waals surface area (Å²) in [5.74, 6) is 0. The first kappa shape index (κ1) is 10.5. The van der Waals surface area contributed by atoms with E-state index in [0.717, 1.165) is 10.0 Å². The van der Waals surface area contributed by atoms with Crippen LogP contribution in [0.5, 0.6) is 0 Å². The van der Waals surface area contributed by atoms with E-state index in [1.165, 1.54) is 0 Å². The first-order chi connectivity index (χ1) is 6.24. The number of halogens is 2. The van der Waals surface area contributed by atoms with Crippen molar-refractivity contribution in [3.8, 4) is 0 Å². The standard InChI is InChI=1S/C9H9BrClNO/c1-2-13-12-6-7-5-8(10)3-4-9(7)11/h3-6H,2H2,1H3/b12-6+. The van der Waals surface area contributed by atoms with Crippen LogP contribution in [-0.4, -0.2) is 12.8 Å². The first-order valence-electron chi connectivity index (χ1n) is 3.84. The van der Waals surface area contributed by atoms with Crippen LogP contribution in [0.1, 0.15) is 12.5 Å². The van der Waals surface area contributed by atoms with Gasteiger partial charge in [0.2, 0.25) is 0 Å². The van der Waals surface area contributed by atoms with Gasteiger partial charge in [-0.15, -0.1) is 0 Å². The molecule has 0 fully saturated rings. The third-order valence-corrected chi connectivity index (χ3v) is 2.19. The van der Waals surface area contributed by atoms with E-state index in [1.807, 2.05) is 19.1 Å². The zero-order valence-corrected chi connectivity index (χ0v) is 9.47. The van der Waals surface area contributed by atoms with Crippen LogP contribution >= 0.6 is 27.5 Å². The zero-order chi connectivity index (χ0) is 9.68. The molecule has 0 saturated carbocycles. The fraction of sp³-hybridized carbons (Fsp3) is 0.222. The largest absolute Gasteiger partial charge is 0.396 e. The van der Waals surface area contributed by atoms with Crippen molar-refractivity contribution >= 4 is 33.7 Å². The predicted molar refractivity (Wildman–Crippen MR) is 58.4 cm³/mol. The summed E-state index contributed by atoms with van der Waals surface area (Å²) in [7, 11) is 0. The smallest absolute Gasteiger partial charge is 0.114 e. The number of hydrogen-bond acceptors (Lipinski definition) is 2. The van der Waals surface area contributed by atoms with Crippen LogP contribution in [0.25, 0.3) is 0 Å². The van der Waals surface area contributed by atoms with Crippen LogP contribution in [-0.2, 0) is 4.84 Å². The summed E-state index contributed by atoms with van der Waals surface area (Å²) in [5.41, 5.74) is 0.837. The fourth-order valence-corrected chi connectivity index (χ4v) is 1.33. The molecule has 0 amide bonds. The van der Waals surface area contributed by atoms with E-state index in [2.05, 4.69) is 21.1 Å². The number of rotatable bonds is 3. The van der Waals surface area contributed by atoms with Crippen LogP contribution < -0.4 is 0 Å². The molecule has 0 aliphatic carbocycles. The monoisotopic (exact) mass is 261 g/mol. The minimum absolute atomic E-state index is 0.558. The summed E-state index contributed by atoms with van der Waals surface area (Å²) in [4.78, 5) is 4.83. The van der Waals surface area contributed by atoms with Gasteiger partial charge in [0.1, 0.15) is 6.61 Å². The van der Waals surface area contributed by atoms with Crippen LogP contribution in [0.3, 0.4) is 0 Å². The van der Waals surface area contributed by atoms with Gasteiger partial charge in [0.25, 0.3) is 0 Å². The van der Waals surface area contributed by atoms with E-state index in [1.54, 1.807) is 12.3 Å². The predicted octanol–water partition coefficient (Wildman–Crippen LogP) is 3.47. The Kier molecular flexibility index (Phi) is 4.25. The van der Waals surface area contributed by atoms with Crippen LogP contribution in [0.2, 0.25) is 5.02 Å². The molecule has 0 atom stereocenters. The quantitative estimate of drug-likeness (QED) is 0.604. The van der Waals surface area contributed by atoms with E-state index in [-0.39, 0.29) is 0 Å². The fourth-order valence-electron chi connectivity index (χ4n) is 0.782. The van der Waals surface area contributed by atoms with E-state index in [9.17, 15) is 0 Å². The Labute approximate surface area is 90.7 Å². The molecule has 1 rings (SSSR count). The molecule has 0 saturated heterocycles. The number of benzene rings is 1. The van der Waals surface area contributed by atoms with E-state index in [0.29, 0.717) is 11.6 Å². The first-order valence-corrected chi connectivity index (χ1v) is 5.01. The average Bonchev–Trinajstić information content (AvgIpc) is 2.11. The summed E-state index contributed by atoms with van der Waals surface area (Å²) in [5, 5.41) is 4.39. The zero-order valence-electron chi connectivity index (χ0n) is 7.13. The summed E-state index contributed by atoms with van der Waals surface area (Å²) in [6.45, 7) is 2.43. The Hall–Kier alpha value is -0.540. The highest BCUT2D eigenvalue weighted by molar-refractivity contribution is 9.10. The lowest BCUT2D eigenvalue weighted by atomic mass is 10.2. The summed E-state index contributed by atoms with van der Waals surface area (Å²) in [6.07, 6.45) is 1.59. The van der Waals surface area contributed by atoms with Crippen molar-refractivity contribution in [2.75, 3.05) is 6.61 Å². The second-order valence-corrected chi connectivity index (χ2v) is 3.64. The van der Waals surface area contributed by atoms with Gasteiger partial charge in [0.05, 0.1) is 6.21 Å². The molecule has 0 radical (unpaired) electrons. The second kappa shape index (κ2) is 5.25. The molecule has 0 aliphatic heterocycles. The highest BCUT2D eigenvalue weighted by Gasteiger charge is 1.97. The van der Waals surface area contributed by atoms with Crippen molar-refractivity contribution in [1.82, 2.24) is 0 Å². The van der Waals surface area contributed by atoms with Gasteiger partial charge in [-0.05, 0) is 25.1 Å². The Morgan fingerprint density at radius 2 is 2.38 bits per heavy atom. The molecule has 13 heavy (non-hydrogen) atoms. The van der Waals surface area contributed by atoms with Gasteiger partial charge in [-0.3, -0.25) is 0 Å². The number of hydrogen-bond donors (Lipinski definition) is 0. The molecular weight excluding hydrogens is 253 g/mol. The molecule has 0 N–H and O–H groups in total. The maximum absolute atomic E-state index is 5.91. The molecule has 0 aromatic heterocycles. The molecule has 1 aromatic carbocycles. The molecule has 0 aliphatic rings. The Bertz CT molecular complexity index is 314. The topological polar surface area (TPSA) is 21.6 Å². The van der Waals surface area contributed by atoms with Gasteiger partial charge in [-0.1, -0.05) is 32.7 Å². The van der Waals surface area contributed by atoms with Crippen molar-refractivity contribution in [3.63, 3.8) is 0 Å². The molecule has 2 nitrogen and oxygen atoms in total. The molecule has 4 heteroatoms. The summed E-state index contributed by atoms with van der Waals surface area (Å²) < 4.78 is 0.967. The average molecular weight is 263 g/mol. The third-order valence-electron chi connectivity index (χ3n) is 1.35. The Morgan fingerprint density at radius 3 is 3.08 bits per heavy atom. The van der Waals surface area contributed by atoms with Crippen LogP contribution in [0.15, 0.2) is 27.8 Å². The van der Waals surface area contributed by atoms with E-state index in [4.69, 9.17) is 16.4 Å². The lowest BCUT2D eigenvalue weighted by Crippen LogP contribution is -1.85. The molecular formula is C9H9BrClNO. The lowest BCUT2D eigenvalue weighted by molar-refractivity contribution is 0.160. The van der Waals surface area contributed by atoms with Crippen molar-refractivity contribution in [1.29, 1.82) is 0 Å². The minimum atomic E-state index is 0.558. The minimum Gasteiger partial charge on any atom is -0.396 e. The molecule has 1 aromatic rings. The van der Waals surface area contributed by atoms with E-state index < -0.39 is 0 Å². The molecule has 0 spiro atoms. The SMILES string of the molecule is CCO/N=C/c1cc(Br)ccc1Cl. The maximum atomic E-state index is 5.91. The Balaban J connectivity index is 2.81. The van der Waals surface area contributed by atoms with Crippen molar-refractivity contribution < 1.29 is 4.84 Å². The molecule has 70 valence electrons. The van der Waals surface area contributed by atoms with Crippen LogP contribution in [0.4, 0.5) is 0 Å². The Morgan fingerprint density at radius 1 is 1.62 bits per heavy atom. The van der Waals surface area contributed by atoms with Crippen molar-refractivity contribution in [2.24, 2.45) is 5.16 Å². The number of nitrogens with zero attached hydrogens (tertiary/aromatic N) is 1. The van der Waals surface area contributed by atoms with Gasteiger partial charge < -0.3 is 4.84 Å². The van der Waals surface area contributed by atoms with Gasteiger partial charge in [0, 0.05) is 15.1 Å². The third kappa shape index (κ3) is 3.36. The van der Waals surface area contributed by atoms with Crippen LogP contribution in [0, 0.1) is 0 Å². The summed E-state index contributed by atoms with van der Waals surface area (Å²) >= 11 is 9.25. The molecule has 0 bridgehead atoms. The molecule has 0 heterocycles. The number of oxime groups is 1. The normalized spacial score (nSPS) is 10.7. The maximum Gasteiger partial charge on any atom is 0.114 e. The van der Waals surface area contributed by atoms with Gasteiger partial charge in [0.15, 0.2) is 0 Å². The van der Waals surface area contributed by atoms with Gasteiger partial charge in [-0.2, -0.15) is 0 Å². The lowest BCUT2D eigenvalue weighted by Gasteiger charge is -1.97. The van der Waals surface area contributed by atoms with Crippen molar-refractivity contribution in [3.05, 3.63) is 33.3 Å². The second-order valence-electron chi connectivity index (χ2n) is 2.32. The van der Waals surface area contributed by atoms with E-state index >= 15 is 0 Å². The highest BCUT2D eigenvalue weighted by Crippen LogP contribution is 2.19.